The highest BCUT2D eigenvalue weighted by atomic mass is 16.2. The fraction of sp³-hybridized carbons (Fsp3) is 0.562. The quantitative estimate of drug-likeness (QED) is 0.902. The summed E-state index contributed by atoms with van der Waals surface area (Å²) in [4.78, 5) is 14.6. The van der Waals surface area contributed by atoms with E-state index in [1.807, 2.05) is 23.1 Å². The smallest absolute Gasteiger partial charge is 0.254 e. The molecule has 1 atom stereocenters. The first-order valence-electron chi connectivity index (χ1n) is 7.36. The van der Waals surface area contributed by atoms with Crippen molar-refractivity contribution < 1.29 is 4.79 Å². The van der Waals surface area contributed by atoms with E-state index in [1.54, 1.807) is 0 Å². The topological polar surface area (TPSA) is 32.3 Å². The minimum atomic E-state index is 0.194. The van der Waals surface area contributed by atoms with Crippen LogP contribution in [0.15, 0.2) is 24.3 Å². The molecule has 1 unspecified atom stereocenters. The minimum absolute atomic E-state index is 0.194. The molecule has 19 heavy (non-hydrogen) atoms. The summed E-state index contributed by atoms with van der Waals surface area (Å²) >= 11 is 0. The van der Waals surface area contributed by atoms with Crippen LogP contribution in [0, 0.1) is 0 Å². The summed E-state index contributed by atoms with van der Waals surface area (Å²) in [5.41, 5.74) is 2.03. The Morgan fingerprint density at radius 2 is 2.16 bits per heavy atom. The maximum Gasteiger partial charge on any atom is 0.254 e. The Morgan fingerprint density at radius 1 is 1.37 bits per heavy atom. The van der Waals surface area contributed by atoms with Crippen molar-refractivity contribution in [3.05, 3.63) is 35.4 Å². The number of carbonyl (C=O) groups excluding carboxylic acids is 1. The van der Waals surface area contributed by atoms with Crippen LogP contribution in [0.3, 0.4) is 0 Å². The van der Waals surface area contributed by atoms with Gasteiger partial charge in [-0.25, -0.2) is 0 Å². The molecule has 0 bridgehead atoms. The van der Waals surface area contributed by atoms with E-state index in [0.29, 0.717) is 6.04 Å². The van der Waals surface area contributed by atoms with Gasteiger partial charge in [0, 0.05) is 24.7 Å². The number of aryl methyl sites for hydroxylation is 1. The molecule has 0 aromatic heterocycles. The zero-order valence-electron chi connectivity index (χ0n) is 12.0. The molecule has 104 valence electrons. The van der Waals surface area contributed by atoms with Crippen molar-refractivity contribution >= 4 is 5.91 Å². The van der Waals surface area contributed by atoms with Crippen molar-refractivity contribution in [1.29, 1.82) is 0 Å². The number of nitrogens with zero attached hydrogens (tertiary/aromatic N) is 1. The van der Waals surface area contributed by atoms with E-state index in [4.69, 9.17) is 0 Å². The standard InChI is InChI=1S/C16H24N2O/c1-3-13-8-5-6-10-15(13)16(19)18-11-7-9-14(12-18)17-4-2/h5-6,8,10,14,17H,3-4,7,9,11-12H2,1-2H3. The second-order valence-electron chi connectivity index (χ2n) is 5.16. The molecule has 0 saturated carbocycles. The van der Waals surface area contributed by atoms with Crippen molar-refractivity contribution in [1.82, 2.24) is 10.2 Å². The second-order valence-corrected chi connectivity index (χ2v) is 5.16. The molecule has 1 fully saturated rings. The van der Waals surface area contributed by atoms with Gasteiger partial charge in [0.05, 0.1) is 0 Å². The Labute approximate surface area is 116 Å². The lowest BCUT2D eigenvalue weighted by molar-refractivity contribution is 0.0694. The van der Waals surface area contributed by atoms with Crippen LogP contribution >= 0.6 is 0 Å². The van der Waals surface area contributed by atoms with E-state index in [-0.39, 0.29) is 5.91 Å². The fourth-order valence-corrected chi connectivity index (χ4v) is 2.82. The van der Waals surface area contributed by atoms with Crippen LogP contribution in [-0.4, -0.2) is 36.5 Å². The van der Waals surface area contributed by atoms with Gasteiger partial charge in [0.25, 0.3) is 5.91 Å². The molecule has 1 N–H and O–H groups in total. The summed E-state index contributed by atoms with van der Waals surface area (Å²) in [6, 6.07) is 8.43. The number of nitrogens with one attached hydrogen (secondary N) is 1. The van der Waals surface area contributed by atoms with Crippen LogP contribution in [0.25, 0.3) is 0 Å². The van der Waals surface area contributed by atoms with Crippen LogP contribution in [0.2, 0.25) is 0 Å². The average Bonchev–Trinajstić information content (AvgIpc) is 2.47. The minimum Gasteiger partial charge on any atom is -0.337 e. The Balaban J connectivity index is 2.10. The Kier molecular flexibility index (Phi) is 4.97. The first-order valence-corrected chi connectivity index (χ1v) is 7.36. The van der Waals surface area contributed by atoms with Gasteiger partial charge in [-0.3, -0.25) is 4.79 Å². The number of hydrogen-bond acceptors (Lipinski definition) is 2. The van der Waals surface area contributed by atoms with Gasteiger partial charge in [0.2, 0.25) is 0 Å². The van der Waals surface area contributed by atoms with Gasteiger partial charge in [-0.15, -0.1) is 0 Å². The molecule has 3 heteroatoms. The molecular weight excluding hydrogens is 236 g/mol. The van der Waals surface area contributed by atoms with Crippen LogP contribution in [0.5, 0.6) is 0 Å². The number of carbonyl (C=O) groups is 1. The molecular formula is C16H24N2O. The lowest BCUT2D eigenvalue weighted by Gasteiger charge is -2.33. The third-order valence-corrected chi connectivity index (χ3v) is 3.83. The van der Waals surface area contributed by atoms with Gasteiger partial charge < -0.3 is 10.2 Å². The summed E-state index contributed by atoms with van der Waals surface area (Å²) < 4.78 is 0. The van der Waals surface area contributed by atoms with E-state index in [0.717, 1.165) is 43.6 Å². The largest absolute Gasteiger partial charge is 0.337 e. The number of piperidine rings is 1. The van der Waals surface area contributed by atoms with Crippen LogP contribution in [-0.2, 0) is 6.42 Å². The molecule has 1 aromatic rings. The number of benzene rings is 1. The van der Waals surface area contributed by atoms with Gasteiger partial charge in [0.1, 0.15) is 0 Å². The Morgan fingerprint density at radius 3 is 2.89 bits per heavy atom. The van der Waals surface area contributed by atoms with Gasteiger partial charge in [-0.2, -0.15) is 0 Å². The highest BCUT2D eigenvalue weighted by Crippen LogP contribution is 2.17. The lowest BCUT2D eigenvalue weighted by atomic mass is 10.0. The van der Waals surface area contributed by atoms with E-state index >= 15 is 0 Å². The van der Waals surface area contributed by atoms with E-state index in [1.165, 1.54) is 6.42 Å². The normalized spacial score (nSPS) is 19.5. The van der Waals surface area contributed by atoms with Gasteiger partial charge in [-0.05, 0) is 37.4 Å². The zero-order valence-corrected chi connectivity index (χ0v) is 12.0. The lowest BCUT2D eigenvalue weighted by Crippen LogP contribution is -2.48. The first-order chi connectivity index (χ1) is 9.26. The number of likely N-dealkylation sites (N-methyl/N-ethyl adjacent to an activating group) is 1. The van der Waals surface area contributed by atoms with Crippen LogP contribution in [0.4, 0.5) is 0 Å². The molecule has 1 saturated heterocycles. The van der Waals surface area contributed by atoms with Gasteiger partial charge >= 0.3 is 0 Å². The first kappa shape index (κ1) is 14.1. The summed E-state index contributed by atoms with van der Waals surface area (Å²) in [7, 11) is 0. The van der Waals surface area contributed by atoms with E-state index in [2.05, 4.69) is 25.2 Å². The highest BCUT2D eigenvalue weighted by molar-refractivity contribution is 5.95. The molecule has 1 heterocycles. The Hall–Kier alpha value is -1.35. The SMILES string of the molecule is CCNC1CCCN(C(=O)c2ccccc2CC)C1. The fourth-order valence-electron chi connectivity index (χ4n) is 2.82. The molecule has 3 nitrogen and oxygen atoms in total. The van der Waals surface area contributed by atoms with Gasteiger partial charge in [0.15, 0.2) is 0 Å². The van der Waals surface area contributed by atoms with Crippen molar-refractivity contribution in [3.63, 3.8) is 0 Å². The molecule has 1 amide bonds. The molecule has 1 aliphatic rings. The van der Waals surface area contributed by atoms with Crippen molar-refractivity contribution in [2.45, 2.75) is 39.2 Å². The summed E-state index contributed by atoms with van der Waals surface area (Å²) in [5.74, 6) is 0.194. The third-order valence-electron chi connectivity index (χ3n) is 3.83. The van der Waals surface area contributed by atoms with Crippen molar-refractivity contribution in [3.8, 4) is 0 Å². The maximum atomic E-state index is 12.6. The van der Waals surface area contributed by atoms with Gasteiger partial charge in [-0.1, -0.05) is 32.0 Å². The summed E-state index contributed by atoms with van der Waals surface area (Å²) in [6.45, 7) is 6.92. The van der Waals surface area contributed by atoms with Crippen molar-refractivity contribution in [2.75, 3.05) is 19.6 Å². The Bertz CT molecular complexity index is 429. The second kappa shape index (κ2) is 6.71. The van der Waals surface area contributed by atoms with E-state index < -0.39 is 0 Å². The number of likely N-dealkylation sites (tertiary alicyclic amines) is 1. The molecule has 0 radical (unpaired) electrons. The van der Waals surface area contributed by atoms with Crippen LogP contribution < -0.4 is 5.32 Å². The van der Waals surface area contributed by atoms with Crippen LogP contribution in [0.1, 0.15) is 42.6 Å². The summed E-state index contributed by atoms with van der Waals surface area (Å²) in [5, 5.41) is 3.46. The molecule has 1 aromatic carbocycles. The average molecular weight is 260 g/mol. The van der Waals surface area contributed by atoms with Crippen molar-refractivity contribution in [2.24, 2.45) is 0 Å². The predicted octanol–water partition coefficient (Wildman–Crippen LogP) is 2.46. The summed E-state index contributed by atoms with van der Waals surface area (Å²) in [6.07, 6.45) is 3.18. The molecule has 0 aliphatic carbocycles. The highest BCUT2D eigenvalue weighted by Gasteiger charge is 2.24. The molecule has 0 spiro atoms. The number of amides is 1. The molecule has 1 aliphatic heterocycles. The molecule has 2 rings (SSSR count). The number of hydrogen-bond donors (Lipinski definition) is 1. The zero-order chi connectivity index (χ0) is 13.7. The maximum absolute atomic E-state index is 12.6. The predicted molar refractivity (Wildman–Crippen MR) is 78.4 cm³/mol. The third kappa shape index (κ3) is 3.35. The van der Waals surface area contributed by atoms with E-state index in [9.17, 15) is 4.79 Å². The number of rotatable bonds is 4. The monoisotopic (exact) mass is 260 g/mol.